The molecule has 4 nitrogen and oxygen atoms in total. The van der Waals surface area contributed by atoms with Crippen LogP contribution in [0.25, 0.3) is 0 Å². The van der Waals surface area contributed by atoms with Gasteiger partial charge in [0, 0.05) is 0 Å². The average Bonchev–Trinajstić information content (AvgIpc) is 1.68. The van der Waals surface area contributed by atoms with E-state index in [1.54, 1.807) is 0 Å². The first-order chi connectivity index (χ1) is 3.22. The van der Waals surface area contributed by atoms with Crippen molar-refractivity contribution in [3.8, 4) is 0 Å². The fraction of sp³-hybridized carbons (Fsp3) is 0. The van der Waals surface area contributed by atoms with Crippen LogP contribution in [0, 0.1) is 0 Å². The van der Waals surface area contributed by atoms with Gasteiger partial charge in [0.15, 0.2) is 9.54 Å². The number of hydrogen-bond acceptors (Lipinski definition) is 3. The SMILES string of the molecule is O=[C]1[AlH][C](=O)N1O. The molecule has 0 aromatic heterocycles. The molecule has 1 rings (SSSR count). The number of carbonyl (C=O) groups is 2. The highest BCUT2D eigenvalue weighted by molar-refractivity contribution is 7.04. The lowest BCUT2D eigenvalue weighted by atomic mass is 11.1. The molecule has 0 aromatic rings. The highest BCUT2D eigenvalue weighted by Gasteiger charge is 2.36. The minimum absolute atomic E-state index is 0.173. The van der Waals surface area contributed by atoms with E-state index >= 15 is 0 Å². The van der Waals surface area contributed by atoms with Crippen molar-refractivity contribution in [1.29, 1.82) is 0 Å². The summed E-state index contributed by atoms with van der Waals surface area (Å²) in [6.07, 6.45) is 0. The van der Waals surface area contributed by atoms with Gasteiger partial charge in [0.25, 0.3) is 0 Å². The van der Waals surface area contributed by atoms with Gasteiger partial charge in [-0.15, -0.1) is 0 Å². The van der Waals surface area contributed by atoms with Crippen molar-refractivity contribution < 1.29 is 14.8 Å². The van der Waals surface area contributed by atoms with Crippen LogP contribution in [-0.2, 0) is 0 Å². The summed E-state index contributed by atoms with van der Waals surface area (Å²) in [7, 11) is 0. The molecule has 5 heteroatoms. The Bertz CT molecular complexity index is 119. The second kappa shape index (κ2) is 1.30. The summed E-state index contributed by atoms with van der Waals surface area (Å²) in [5, 5.41) is 8.33. The maximum atomic E-state index is 9.96. The van der Waals surface area contributed by atoms with E-state index in [-0.39, 0.29) is 14.6 Å². The fourth-order valence-corrected chi connectivity index (χ4v) is 0.944. The lowest BCUT2D eigenvalue weighted by Crippen LogP contribution is -2.52. The van der Waals surface area contributed by atoms with Gasteiger partial charge in [0.1, 0.15) is 0 Å². The van der Waals surface area contributed by atoms with Crippen LogP contribution >= 0.6 is 0 Å². The van der Waals surface area contributed by atoms with Gasteiger partial charge in [-0.1, -0.05) is 0 Å². The zero-order chi connectivity index (χ0) is 5.44. The third-order valence-electron chi connectivity index (χ3n) is 0.775. The Labute approximate surface area is 45.4 Å². The molecule has 0 aromatic carbocycles. The van der Waals surface area contributed by atoms with Crippen molar-refractivity contribution in [2.24, 2.45) is 0 Å². The Balaban J connectivity index is 2.59. The zero-order valence-electron chi connectivity index (χ0n) is 3.42. The molecule has 0 unspecified atom stereocenters. The third kappa shape index (κ3) is 0.549. The van der Waals surface area contributed by atoms with E-state index in [1.165, 1.54) is 0 Å². The summed E-state index contributed by atoms with van der Waals surface area (Å²) >= 11 is -1.20. The van der Waals surface area contributed by atoms with E-state index in [2.05, 4.69) is 0 Å². The molecule has 0 aliphatic carbocycles. The Morgan fingerprint density at radius 3 is 1.86 bits per heavy atom. The molecule has 1 saturated heterocycles. The summed E-state index contributed by atoms with van der Waals surface area (Å²) in [6.45, 7) is 0. The summed E-state index contributed by atoms with van der Waals surface area (Å²) in [5.41, 5.74) is 0. The lowest BCUT2D eigenvalue weighted by Gasteiger charge is -2.19. The smallest absolute Gasteiger partial charge is 0.295 e. The molecule has 7 heavy (non-hydrogen) atoms. The molecule has 2 amide bonds. The topological polar surface area (TPSA) is 57.6 Å². The van der Waals surface area contributed by atoms with Gasteiger partial charge in [0.05, 0.1) is 0 Å². The number of hydrogen-bond donors (Lipinski definition) is 1. The van der Waals surface area contributed by atoms with Crippen LogP contribution in [0.4, 0.5) is 9.59 Å². The normalized spacial score (nSPS) is 18.7. The Hall–Kier alpha value is -0.368. The minimum atomic E-state index is -1.20. The Morgan fingerprint density at radius 1 is 1.43 bits per heavy atom. The molecular weight excluding hydrogens is 113 g/mol. The van der Waals surface area contributed by atoms with Crippen LogP contribution in [-0.4, -0.2) is 35.0 Å². The number of imide groups is 1. The van der Waals surface area contributed by atoms with Crippen molar-refractivity contribution in [3.05, 3.63) is 0 Å². The van der Waals surface area contributed by atoms with E-state index in [9.17, 15) is 9.59 Å². The van der Waals surface area contributed by atoms with Gasteiger partial charge >= 0.3 is 15.2 Å². The molecule has 0 spiro atoms. The highest BCUT2D eigenvalue weighted by atomic mass is 27.1. The molecule has 0 atom stereocenters. The van der Waals surface area contributed by atoms with Crippen LogP contribution in [0.1, 0.15) is 0 Å². The van der Waals surface area contributed by atoms with Crippen molar-refractivity contribution in [1.82, 2.24) is 5.06 Å². The zero-order valence-corrected chi connectivity index (χ0v) is 4.83. The quantitative estimate of drug-likeness (QED) is 0.337. The molecule has 1 aliphatic heterocycles. The lowest BCUT2D eigenvalue weighted by molar-refractivity contribution is 0.0102. The largest absolute Gasteiger partial charge is 0.518 e. The van der Waals surface area contributed by atoms with Crippen LogP contribution in [0.5, 0.6) is 0 Å². The van der Waals surface area contributed by atoms with E-state index in [1.807, 2.05) is 0 Å². The van der Waals surface area contributed by atoms with Crippen LogP contribution in [0.3, 0.4) is 0 Å². The average molecular weight is 115 g/mol. The van der Waals surface area contributed by atoms with Gasteiger partial charge < -0.3 is 0 Å². The van der Waals surface area contributed by atoms with Crippen molar-refractivity contribution in [3.63, 3.8) is 0 Å². The third-order valence-corrected chi connectivity index (χ3v) is 1.98. The molecule has 0 radical (unpaired) electrons. The van der Waals surface area contributed by atoms with Gasteiger partial charge in [-0.2, -0.15) is 5.06 Å². The Kier molecular flexibility index (Phi) is 0.890. The number of carbonyl (C=O) groups excluding carboxylic acids is 2. The highest BCUT2D eigenvalue weighted by Crippen LogP contribution is 1.98. The predicted molar refractivity (Wildman–Crippen MR) is 21.6 cm³/mol. The van der Waals surface area contributed by atoms with Crippen molar-refractivity contribution >= 4 is 24.8 Å². The van der Waals surface area contributed by atoms with E-state index in [0.717, 1.165) is 0 Å². The minimum Gasteiger partial charge on any atom is -0.295 e. The van der Waals surface area contributed by atoms with Gasteiger partial charge in [-0.3, -0.25) is 14.8 Å². The maximum Gasteiger partial charge on any atom is 0.518 e. The summed E-state index contributed by atoms with van der Waals surface area (Å²) in [4.78, 5) is 19.9. The molecular formula is C2H2AlNO3. The second-order valence-corrected chi connectivity index (χ2v) is 2.84. The van der Waals surface area contributed by atoms with Gasteiger partial charge in [0.2, 0.25) is 0 Å². The standard InChI is InChI=1S/C2HNO3.Al.H/c4-1-3(6)2-5;;/h6H;;. The number of rotatable bonds is 0. The summed E-state index contributed by atoms with van der Waals surface area (Å²) in [5.74, 6) is 0. The Morgan fingerprint density at radius 2 is 1.86 bits per heavy atom. The van der Waals surface area contributed by atoms with Crippen LogP contribution < -0.4 is 0 Å². The second-order valence-electron chi connectivity index (χ2n) is 1.28. The summed E-state index contributed by atoms with van der Waals surface area (Å²) < 4.78 is -0.769. The number of nitrogens with zero attached hydrogens (tertiary/aromatic N) is 1. The molecule has 1 N–H and O–H groups in total. The van der Waals surface area contributed by atoms with Gasteiger partial charge in [-0.05, 0) is 0 Å². The maximum absolute atomic E-state index is 9.96. The fourth-order valence-electron chi connectivity index (χ4n) is 0.327. The predicted octanol–water partition coefficient (Wildman–Crippen LogP) is -0.632. The van der Waals surface area contributed by atoms with Crippen molar-refractivity contribution in [2.75, 3.05) is 0 Å². The summed E-state index contributed by atoms with van der Waals surface area (Å²) in [6, 6.07) is 0. The first-order valence-corrected chi connectivity index (χ1v) is 3.18. The molecule has 1 aliphatic rings. The molecule has 36 valence electrons. The van der Waals surface area contributed by atoms with Crippen molar-refractivity contribution in [2.45, 2.75) is 0 Å². The van der Waals surface area contributed by atoms with Crippen LogP contribution in [0.15, 0.2) is 0 Å². The van der Waals surface area contributed by atoms with E-state index in [4.69, 9.17) is 5.21 Å². The van der Waals surface area contributed by atoms with Gasteiger partial charge in [-0.25, -0.2) is 0 Å². The van der Waals surface area contributed by atoms with E-state index < -0.39 is 15.2 Å². The molecule has 1 fully saturated rings. The molecule has 1 heterocycles. The molecule has 0 saturated carbocycles. The number of amides is 2. The van der Waals surface area contributed by atoms with E-state index in [0.29, 0.717) is 0 Å². The molecule has 0 bridgehead atoms. The van der Waals surface area contributed by atoms with Crippen LogP contribution in [0.2, 0.25) is 0 Å². The number of hydroxylamine groups is 2. The first-order valence-electron chi connectivity index (χ1n) is 1.76. The monoisotopic (exact) mass is 115 g/mol. The first kappa shape index (κ1) is 4.78.